The number of hydrogen-bond donors (Lipinski definition) is 2. The van der Waals surface area contributed by atoms with Gasteiger partial charge in [-0.25, -0.2) is 8.78 Å². The van der Waals surface area contributed by atoms with Crippen molar-refractivity contribution in [1.29, 1.82) is 0 Å². The van der Waals surface area contributed by atoms with Gasteiger partial charge < -0.3 is 10.2 Å². The van der Waals surface area contributed by atoms with Crippen molar-refractivity contribution in [3.05, 3.63) is 47.9 Å². The largest absolute Gasteiger partial charge is 0.348 e. The summed E-state index contributed by atoms with van der Waals surface area (Å²) in [6.07, 6.45) is 1.93. The Labute approximate surface area is 173 Å². The second-order valence-corrected chi connectivity index (χ2v) is 8.02. The molecule has 0 bridgehead atoms. The van der Waals surface area contributed by atoms with Gasteiger partial charge in [0.2, 0.25) is 0 Å². The molecule has 1 fully saturated rings. The SMILES string of the molecule is CC(C)N1CCC(NC(=O)c2n[nH]c3ccc(-c4cncc(C(F)F)c4)cc23)CC1. The number of benzene rings is 1. The summed E-state index contributed by atoms with van der Waals surface area (Å²) >= 11 is 0. The van der Waals surface area contributed by atoms with E-state index in [1.807, 2.05) is 0 Å². The van der Waals surface area contributed by atoms with E-state index < -0.39 is 6.43 Å². The van der Waals surface area contributed by atoms with Crippen LogP contribution in [0.4, 0.5) is 8.78 Å². The Hall–Kier alpha value is -2.87. The number of hydrogen-bond acceptors (Lipinski definition) is 4. The highest BCUT2D eigenvalue weighted by Gasteiger charge is 2.24. The predicted molar refractivity (Wildman–Crippen MR) is 111 cm³/mol. The topological polar surface area (TPSA) is 73.9 Å². The van der Waals surface area contributed by atoms with Gasteiger partial charge >= 0.3 is 0 Å². The van der Waals surface area contributed by atoms with Crippen LogP contribution in [-0.4, -0.2) is 51.2 Å². The van der Waals surface area contributed by atoms with Crippen LogP contribution in [0.15, 0.2) is 36.7 Å². The minimum Gasteiger partial charge on any atom is -0.348 e. The van der Waals surface area contributed by atoms with Crippen molar-refractivity contribution in [3.63, 3.8) is 0 Å². The molecule has 2 aromatic heterocycles. The number of aromatic nitrogens is 3. The Morgan fingerprint density at radius 3 is 2.63 bits per heavy atom. The fourth-order valence-corrected chi connectivity index (χ4v) is 3.92. The molecule has 0 radical (unpaired) electrons. The fraction of sp³-hybridized carbons (Fsp3) is 0.409. The smallest absolute Gasteiger partial charge is 0.272 e. The number of fused-ring (bicyclic) bond motifs is 1. The van der Waals surface area contributed by atoms with E-state index in [0.717, 1.165) is 37.6 Å². The zero-order chi connectivity index (χ0) is 21.3. The van der Waals surface area contributed by atoms with E-state index in [4.69, 9.17) is 0 Å². The molecule has 4 rings (SSSR count). The zero-order valence-electron chi connectivity index (χ0n) is 17.0. The number of nitrogens with one attached hydrogen (secondary N) is 2. The summed E-state index contributed by atoms with van der Waals surface area (Å²) in [5.41, 5.74) is 2.18. The fourth-order valence-electron chi connectivity index (χ4n) is 3.92. The van der Waals surface area contributed by atoms with Crippen molar-refractivity contribution >= 4 is 16.8 Å². The molecule has 2 N–H and O–H groups in total. The minimum atomic E-state index is -2.58. The standard InChI is InChI=1S/C22H25F2N5O/c1-13(2)29-7-5-17(6-8-29)26-22(30)20-18-10-14(3-4-19(18)27-28-20)15-9-16(21(23)24)12-25-11-15/h3-4,9-13,17,21H,5-8H2,1-2H3,(H,26,30)(H,27,28). The molecule has 0 saturated carbocycles. The van der Waals surface area contributed by atoms with E-state index in [2.05, 4.69) is 39.2 Å². The molecule has 0 unspecified atom stereocenters. The van der Waals surface area contributed by atoms with Gasteiger partial charge in [0.25, 0.3) is 12.3 Å². The van der Waals surface area contributed by atoms with Crippen LogP contribution in [0.25, 0.3) is 22.0 Å². The average Bonchev–Trinajstić information content (AvgIpc) is 3.17. The van der Waals surface area contributed by atoms with E-state index in [0.29, 0.717) is 28.2 Å². The number of aromatic amines is 1. The highest BCUT2D eigenvalue weighted by Crippen LogP contribution is 2.28. The van der Waals surface area contributed by atoms with Crippen LogP contribution in [0.5, 0.6) is 0 Å². The van der Waals surface area contributed by atoms with E-state index in [1.165, 1.54) is 12.3 Å². The van der Waals surface area contributed by atoms with Crippen LogP contribution in [0.3, 0.4) is 0 Å². The van der Waals surface area contributed by atoms with Crippen molar-refractivity contribution in [2.24, 2.45) is 0 Å². The molecule has 0 atom stereocenters. The first kappa shape index (κ1) is 20.4. The Balaban J connectivity index is 1.55. The maximum absolute atomic E-state index is 13.0. The third kappa shape index (κ3) is 4.18. The number of amides is 1. The summed E-state index contributed by atoms with van der Waals surface area (Å²) in [5, 5.41) is 10.8. The van der Waals surface area contributed by atoms with Gasteiger partial charge in [-0.2, -0.15) is 5.10 Å². The van der Waals surface area contributed by atoms with Crippen molar-refractivity contribution in [3.8, 4) is 11.1 Å². The van der Waals surface area contributed by atoms with E-state index in [-0.39, 0.29) is 17.5 Å². The number of carbonyl (C=O) groups is 1. The molecule has 1 amide bonds. The van der Waals surface area contributed by atoms with Crippen LogP contribution in [0, 0.1) is 0 Å². The molecule has 3 aromatic rings. The van der Waals surface area contributed by atoms with Crippen molar-refractivity contribution in [2.45, 2.75) is 45.2 Å². The number of nitrogens with zero attached hydrogens (tertiary/aromatic N) is 3. The maximum Gasteiger partial charge on any atom is 0.272 e. The number of carbonyl (C=O) groups excluding carboxylic acids is 1. The molecule has 1 saturated heterocycles. The molecule has 0 aliphatic carbocycles. The number of rotatable bonds is 5. The summed E-state index contributed by atoms with van der Waals surface area (Å²) in [6, 6.07) is 7.44. The summed E-state index contributed by atoms with van der Waals surface area (Å²) in [7, 11) is 0. The van der Waals surface area contributed by atoms with Crippen LogP contribution in [0.2, 0.25) is 0 Å². The highest BCUT2D eigenvalue weighted by atomic mass is 19.3. The van der Waals surface area contributed by atoms with Crippen molar-refractivity contribution in [1.82, 2.24) is 25.4 Å². The van der Waals surface area contributed by atoms with Crippen molar-refractivity contribution in [2.75, 3.05) is 13.1 Å². The quantitative estimate of drug-likeness (QED) is 0.659. The Morgan fingerprint density at radius 1 is 1.17 bits per heavy atom. The first-order valence-corrected chi connectivity index (χ1v) is 10.2. The summed E-state index contributed by atoms with van der Waals surface area (Å²) < 4.78 is 26.0. The number of H-pyrrole nitrogens is 1. The molecule has 30 heavy (non-hydrogen) atoms. The monoisotopic (exact) mass is 413 g/mol. The van der Waals surface area contributed by atoms with Gasteiger partial charge in [-0.05, 0) is 50.5 Å². The number of likely N-dealkylation sites (tertiary alicyclic amines) is 1. The molecule has 1 aliphatic rings. The molecule has 6 nitrogen and oxygen atoms in total. The number of halogens is 2. The molecule has 158 valence electrons. The van der Waals surface area contributed by atoms with Gasteiger partial charge in [-0.15, -0.1) is 0 Å². The van der Waals surface area contributed by atoms with Crippen LogP contribution in [0.1, 0.15) is 49.2 Å². The maximum atomic E-state index is 13.0. The van der Waals surface area contributed by atoms with Crippen LogP contribution >= 0.6 is 0 Å². The lowest BCUT2D eigenvalue weighted by Crippen LogP contribution is -2.46. The summed E-state index contributed by atoms with van der Waals surface area (Å²) in [4.78, 5) is 19.2. The van der Waals surface area contributed by atoms with Gasteiger partial charge in [-0.3, -0.25) is 14.9 Å². The first-order chi connectivity index (χ1) is 14.4. The van der Waals surface area contributed by atoms with Crippen molar-refractivity contribution < 1.29 is 13.6 Å². The van der Waals surface area contributed by atoms with E-state index in [1.54, 1.807) is 18.2 Å². The van der Waals surface area contributed by atoms with Gasteiger partial charge in [0.05, 0.1) is 5.52 Å². The Kier molecular flexibility index (Phi) is 5.76. The third-order valence-electron chi connectivity index (χ3n) is 5.72. The van der Waals surface area contributed by atoms with Gasteiger partial charge in [0.15, 0.2) is 5.69 Å². The van der Waals surface area contributed by atoms with E-state index >= 15 is 0 Å². The zero-order valence-corrected chi connectivity index (χ0v) is 17.0. The lowest BCUT2D eigenvalue weighted by molar-refractivity contribution is 0.0897. The Bertz CT molecular complexity index is 1040. The minimum absolute atomic E-state index is 0.120. The summed E-state index contributed by atoms with van der Waals surface area (Å²) in [6.45, 7) is 6.28. The van der Waals surface area contributed by atoms with Gasteiger partial charge in [0, 0.05) is 54.1 Å². The van der Waals surface area contributed by atoms with Crippen LogP contribution in [-0.2, 0) is 0 Å². The number of alkyl halides is 2. The molecule has 1 aromatic carbocycles. The van der Waals surface area contributed by atoms with E-state index in [9.17, 15) is 13.6 Å². The Morgan fingerprint density at radius 2 is 1.93 bits per heavy atom. The second-order valence-electron chi connectivity index (χ2n) is 8.02. The average molecular weight is 413 g/mol. The predicted octanol–water partition coefficient (Wildman–Crippen LogP) is 4.17. The number of piperidine rings is 1. The second kappa shape index (κ2) is 8.47. The van der Waals surface area contributed by atoms with Gasteiger partial charge in [0.1, 0.15) is 0 Å². The van der Waals surface area contributed by atoms with Crippen LogP contribution < -0.4 is 5.32 Å². The lowest BCUT2D eigenvalue weighted by Gasteiger charge is -2.34. The molecule has 0 spiro atoms. The molecular weight excluding hydrogens is 388 g/mol. The molecule has 8 heteroatoms. The normalized spacial score (nSPS) is 15.9. The number of pyridine rings is 1. The van der Waals surface area contributed by atoms with Gasteiger partial charge in [-0.1, -0.05) is 6.07 Å². The lowest BCUT2D eigenvalue weighted by atomic mass is 10.0. The molecular formula is C22H25F2N5O. The first-order valence-electron chi connectivity index (χ1n) is 10.2. The molecule has 3 heterocycles. The molecule has 1 aliphatic heterocycles. The highest BCUT2D eigenvalue weighted by molar-refractivity contribution is 6.05. The third-order valence-corrected chi connectivity index (χ3v) is 5.72. The summed E-state index contributed by atoms with van der Waals surface area (Å²) in [5.74, 6) is -0.221.